The van der Waals surface area contributed by atoms with Crippen LogP contribution in [0.5, 0.6) is 0 Å². The van der Waals surface area contributed by atoms with E-state index in [1.807, 2.05) is 18.2 Å². The van der Waals surface area contributed by atoms with E-state index in [0.717, 1.165) is 24.2 Å². The van der Waals surface area contributed by atoms with Crippen LogP contribution in [0.1, 0.15) is 18.1 Å². The van der Waals surface area contributed by atoms with Crippen LogP contribution in [0.4, 0.5) is 5.69 Å². The Bertz CT molecular complexity index is 390. The molecule has 0 atom stereocenters. The Morgan fingerprint density at radius 3 is 3.07 bits per heavy atom. The van der Waals surface area contributed by atoms with E-state index in [1.54, 1.807) is 11.8 Å². The van der Waals surface area contributed by atoms with Gasteiger partial charge in [0.05, 0.1) is 6.61 Å². The predicted octanol–water partition coefficient (Wildman–Crippen LogP) is 0.986. The summed E-state index contributed by atoms with van der Waals surface area (Å²) < 4.78 is 0. The van der Waals surface area contributed by atoms with Gasteiger partial charge in [-0.3, -0.25) is 9.63 Å². The van der Waals surface area contributed by atoms with Gasteiger partial charge in [-0.15, -0.1) is 0 Å². The van der Waals surface area contributed by atoms with Crippen LogP contribution in [0.15, 0.2) is 18.2 Å². The Morgan fingerprint density at radius 1 is 1.60 bits per heavy atom. The number of nitrogens with zero attached hydrogens (tertiary/aromatic N) is 1. The molecule has 2 N–H and O–H groups in total. The lowest BCUT2D eigenvalue weighted by Crippen LogP contribution is -2.25. The van der Waals surface area contributed by atoms with Gasteiger partial charge in [0.1, 0.15) is 0 Å². The van der Waals surface area contributed by atoms with Crippen LogP contribution in [-0.4, -0.2) is 12.5 Å². The largest absolute Gasteiger partial charge is 0.312 e. The second-order valence-corrected chi connectivity index (χ2v) is 3.65. The first-order valence-corrected chi connectivity index (χ1v) is 4.94. The molecule has 4 heteroatoms. The lowest BCUT2D eigenvalue weighted by atomic mass is 10.1. The van der Waals surface area contributed by atoms with E-state index in [0.29, 0.717) is 6.61 Å². The molecule has 1 aliphatic heterocycles. The number of fused-ring (bicyclic) bond motifs is 1. The molecule has 2 rings (SSSR count). The molecule has 0 bridgehead atoms. The highest BCUT2D eigenvalue weighted by molar-refractivity contribution is 5.94. The normalized spacial score (nSPS) is 14.1. The fourth-order valence-corrected chi connectivity index (χ4v) is 2.06. The van der Waals surface area contributed by atoms with E-state index in [9.17, 15) is 4.79 Å². The Kier molecular flexibility index (Phi) is 2.70. The third kappa shape index (κ3) is 1.73. The monoisotopic (exact) mass is 206 g/mol. The molecule has 0 radical (unpaired) electrons. The van der Waals surface area contributed by atoms with Crippen molar-refractivity contribution >= 4 is 11.6 Å². The number of anilines is 1. The summed E-state index contributed by atoms with van der Waals surface area (Å²) in [5.74, 6) is 5.15. The van der Waals surface area contributed by atoms with Gasteiger partial charge in [0.15, 0.2) is 0 Å². The molecule has 0 saturated carbocycles. The molecule has 80 valence electrons. The molecular weight excluding hydrogens is 192 g/mol. The van der Waals surface area contributed by atoms with Gasteiger partial charge in [0, 0.05) is 19.2 Å². The summed E-state index contributed by atoms with van der Waals surface area (Å²) in [5, 5.41) is 0. The maximum atomic E-state index is 11.3. The Morgan fingerprint density at radius 2 is 2.40 bits per heavy atom. The number of amides is 1. The van der Waals surface area contributed by atoms with Crippen molar-refractivity contribution in [2.75, 3.05) is 11.4 Å². The molecule has 1 heterocycles. The molecule has 0 aromatic heterocycles. The first-order valence-electron chi connectivity index (χ1n) is 4.94. The van der Waals surface area contributed by atoms with Crippen molar-refractivity contribution < 1.29 is 9.63 Å². The van der Waals surface area contributed by atoms with E-state index < -0.39 is 0 Å². The number of carbonyl (C=O) groups excluding carboxylic acids is 1. The second-order valence-electron chi connectivity index (χ2n) is 3.65. The Hall–Kier alpha value is -1.39. The van der Waals surface area contributed by atoms with Crippen LogP contribution in [0, 0.1) is 0 Å². The molecular formula is C11H14N2O2. The number of nitrogens with two attached hydrogens (primary N) is 1. The van der Waals surface area contributed by atoms with Crippen molar-refractivity contribution in [1.29, 1.82) is 0 Å². The lowest BCUT2D eigenvalue weighted by molar-refractivity contribution is -0.116. The average Bonchev–Trinajstić information content (AvgIpc) is 2.62. The van der Waals surface area contributed by atoms with Crippen LogP contribution >= 0.6 is 0 Å². The SMILES string of the molecule is CC(=O)N1CCc2c(CON)cccc21. The highest BCUT2D eigenvalue weighted by Crippen LogP contribution is 2.30. The first kappa shape index (κ1) is 10.1. The zero-order valence-electron chi connectivity index (χ0n) is 8.69. The number of carbonyl (C=O) groups is 1. The molecule has 1 aromatic rings. The molecule has 0 unspecified atom stereocenters. The summed E-state index contributed by atoms with van der Waals surface area (Å²) >= 11 is 0. The summed E-state index contributed by atoms with van der Waals surface area (Å²) in [6, 6.07) is 5.87. The molecule has 0 spiro atoms. The first-order chi connectivity index (χ1) is 7.24. The molecule has 1 aliphatic rings. The smallest absolute Gasteiger partial charge is 0.223 e. The van der Waals surface area contributed by atoms with E-state index in [1.165, 1.54) is 5.56 Å². The van der Waals surface area contributed by atoms with E-state index >= 15 is 0 Å². The van der Waals surface area contributed by atoms with Gasteiger partial charge in [-0.05, 0) is 23.6 Å². The zero-order valence-corrected chi connectivity index (χ0v) is 8.69. The standard InChI is InChI=1S/C11H14N2O2/c1-8(14)13-6-5-10-9(7-15-12)3-2-4-11(10)13/h2-4H,5-7,12H2,1H3. The molecule has 0 aliphatic carbocycles. The maximum absolute atomic E-state index is 11.3. The highest BCUT2D eigenvalue weighted by atomic mass is 16.6. The van der Waals surface area contributed by atoms with Crippen molar-refractivity contribution in [1.82, 2.24) is 0 Å². The molecule has 1 amide bonds. The van der Waals surface area contributed by atoms with Crippen LogP contribution in [0.25, 0.3) is 0 Å². The summed E-state index contributed by atoms with van der Waals surface area (Å²) in [7, 11) is 0. The van der Waals surface area contributed by atoms with Gasteiger partial charge < -0.3 is 4.90 Å². The van der Waals surface area contributed by atoms with Gasteiger partial charge in [-0.25, -0.2) is 5.90 Å². The number of hydrogen-bond acceptors (Lipinski definition) is 3. The van der Waals surface area contributed by atoms with Crippen molar-refractivity contribution in [3.8, 4) is 0 Å². The molecule has 4 nitrogen and oxygen atoms in total. The summed E-state index contributed by atoms with van der Waals surface area (Å²) in [6.07, 6.45) is 0.883. The fourth-order valence-electron chi connectivity index (χ4n) is 2.06. The predicted molar refractivity (Wildman–Crippen MR) is 57.1 cm³/mol. The Balaban J connectivity index is 2.38. The summed E-state index contributed by atoms with van der Waals surface area (Å²) in [5.41, 5.74) is 3.24. The van der Waals surface area contributed by atoms with Gasteiger partial charge in [0.2, 0.25) is 5.91 Å². The van der Waals surface area contributed by atoms with Gasteiger partial charge in [-0.2, -0.15) is 0 Å². The Labute approximate surface area is 88.6 Å². The highest BCUT2D eigenvalue weighted by Gasteiger charge is 2.23. The van der Waals surface area contributed by atoms with Crippen LogP contribution in [0.2, 0.25) is 0 Å². The topological polar surface area (TPSA) is 55.6 Å². The fraction of sp³-hybridized carbons (Fsp3) is 0.364. The third-order valence-corrected chi connectivity index (χ3v) is 2.74. The van der Waals surface area contributed by atoms with Crippen molar-refractivity contribution in [3.05, 3.63) is 29.3 Å². The maximum Gasteiger partial charge on any atom is 0.223 e. The molecule has 15 heavy (non-hydrogen) atoms. The van der Waals surface area contributed by atoms with Crippen molar-refractivity contribution in [2.45, 2.75) is 20.0 Å². The molecule has 1 aromatic carbocycles. The van der Waals surface area contributed by atoms with Gasteiger partial charge in [-0.1, -0.05) is 12.1 Å². The average molecular weight is 206 g/mol. The van der Waals surface area contributed by atoms with Gasteiger partial charge >= 0.3 is 0 Å². The number of hydrogen-bond donors (Lipinski definition) is 1. The quantitative estimate of drug-likeness (QED) is 0.734. The van der Waals surface area contributed by atoms with Gasteiger partial charge in [0.25, 0.3) is 0 Å². The van der Waals surface area contributed by atoms with Crippen LogP contribution in [0.3, 0.4) is 0 Å². The minimum atomic E-state index is 0.0829. The summed E-state index contributed by atoms with van der Waals surface area (Å²) in [4.78, 5) is 17.8. The molecule has 0 fully saturated rings. The van der Waals surface area contributed by atoms with Crippen LogP contribution < -0.4 is 10.8 Å². The van der Waals surface area contributed by atoms with E-state index in [-0.39, 0.29) is 5.91 Å². The summed E-state index contributed by atoms with van der Waals surface area (Å²) in [6.45, 7) is 2.74. The second kappa shape index (κ2) is 4.00. The third-order valence-electron chi connectivity index (χ3n) is 2.74. The minimum Gasteiger partial charge on any atom is -0.312 e. The van der Waals surface area contributed by atoms with E-state index in [4.69, 9.17) is 5.90 Å². The van der Waals surface area contributed by atoms with E-state index in [2.05, 4.69) is 4.84 Å². The van der Waals surface area contributed by atoms with Crippen molar-refractivity contribution in [2.24, 2.45) is 5.90 Å². The van der Waals surface area contributed by atoms with Crippen molar-refractivity contribution in [3.63, 3.8) is 0 Å². The van der Waals surface area contributed by atoms with Crippen LogP contribution in [-0.2, 0) is 22.7 Å². The molecule has 0 saturated heterocycles. The number of rotatable bonds is 2. The zero-order chi connectivity index (χ0) is 10.8. The minimum absolute atomic E-state index is 0.0829. The lowest BCUT2D eigenvalue weighted by Gasteiger charge is -2.15. The number of benzene rings is 1.